The Morgan fingerprint density at radius 3 is 2.73 bits per heavy atom. The monoisotopic (exact) mass is 152 g/mol. The van der Waals surface area contributed by atoms with Crippen molar-refractivity contribution in [3.8, 4) is 5.75 Å². The minimum Gasteiger partial charge on any atom is -0.496 e. The molecular weight excluding hydrogens is 143 g/mol. The zero-order valence-electron chi connectivity index (χ0n) is 6.25. The first-order valence-electron chi connectivity index (χ1n) is 3.28. The van der Waals surface area contributed by atoms with Gasteiger partial charge >= 0.3 is 0 Å². The van der Waals surface area contributed by atoms with Crippen LogP contribution in [-0.2, 0) is 0 Å². The zero-order valence-corrected chi connectivity index (χ0v) is 6.25. The molecule has 1 aromatic carbocycles. The predicted molar refractivity (Wildman–Crippen MR) is 43.1 cm³/mol. The van der Waals surface area contributed by atoms with Crippen LogP contribution in [0.15, 0.2) is 30.6 Å². The zero-order chi connectivity index (χ0) is 8.10. The van der Waals surface area contributed by atoms with Crippen LogP contribution in [0.4, 0.5) is 4.39 Å². The van der Waals surface area contributed by atoms with E-state index in [1.807, 2.05) is 12.1 Å². The Balaban J connectivity index is 3.02. The van der Waals surface area contributed by atoms with Crippen LogP contribution in [0.2, 0.25) is 0 Å². The lowest BCUT2D eigenvalue weighted by Gasteiger charge is -2.01. The Morgan fingerprint density at radius 2 is 2.09 bits per heavy atom. The van der Waals surface area contributed by atoms with Crippen LogP contribution in [0.3, 0.4) is 0 Å². The molecule has 0 saturated carbocycles. The summed E-state index contributed by atoms with van der Waals surface area (Å²) in [5.74, 6) is 0.682. The first-order chi connectivity index (χ1) is 5.38. The van der Waals surface area contributed by atoms with Gasteiger partial charge in [0.05, 0.1) is 13.4 Å². The van der Waals surface area contributed by atoms with Gasteiger partial charge in [-0.1, -0.05) is 18.2 Å². The lowest BCUT2D eigenvalue weighted by atomic mass is 10.2. The third-order valence-electron chi connectivity index (χ3n) is 1.38. The molecule has 2 heteroatoms. The number of hydrogen-bond donors (Lipinski definition) is 0. The van der Waals surface area contributed by atoms with Crippen molar-refractivity contribution in [2.45, 2.75) is 0 Å². The van der Waals surface area contributed by atoms with Crippen molar-refractivity contribution in [2.75, 3.05) is 7.11 Å². The highest BCUT2D eigenvalue weighted by Gasteiger charge is 1.94. The summed E-state index contributed by atoms with van der Waals surface area (Å²) in [4.78, 5) is 0. The lowest BCUT2D eigenvalue weighted by Crippen LogP contribution is -1.84. The van der Waals surface area contributed by atoms with E-state index < -0.39 is 0 Å². The third-order valence-corrected chi connectivity index (χ3v) is 1.38. The Morgan fingerprint density at radius 1 is 1.36 bits per heavy atom. The van der Waals surface area contributed by atoms with Crippen molar-refractivity contribution in [2.24, 2.45) is 0 Å². The van der Waals surface area contributed by atoms with Crippen molar-refractivity contribution < 1.29 is 9.13 Å². The van der Waals surface area contributed by atoms with Crippen LogP contribution < -0.4 is 4.74 Å². The van der Waals surface area contributed by atoms with Gasteiger partial charge in [0.15, 0.2) is 0 Å². The molecule has 0 fully saturated rings. The number of rotatable bonds is 2. The quantitative estimate of drug-likeness (QED) is 0.633. The SMILES string of the molecule is COc1ccccc1/C=C/F. The fourth-order valence-electron chi connectivity index (χ4n) is 0.872. The maximum Gasteiger partial charge on any atom is 0.126 e. The van der Waals surface area contributed by atoms with E-state index in [1.54, 1.807) is 19.2 Å². The number of methoxy groups -OCH3 is 1. The third kappa shape index (κ3) is 1.80. The van der Waals surface area contributed by atoms with Crippen LogP contribution in [0.5, 0.6) is 5.75 Å². The molecule has 0 atom stereocenters. The normalized spacial score (nSPS) is 10.4. The standard InChI is InChI=1S/C9H9FO/c1-11-9-5-3-2-4-8(9)6-7-10/h2-7H,1H3/b7-6+. The molecule has 58 valence electrons. The Labute approximate surface area is 65.1 Å². The number of benzene rings is 1. The number of ether oxygens (including phenoxy) is 1. The maximum absolute atomic E-state index is 11.8. The second-order valence-corrected chi connectivity index (χ2v) is 2.03. The molecule has 0 bridgehead atoms. The van der Waals surface area contributed by atoms with Crippen molar-refractivity contribution >= 4 is 6.08 Å². The van der Waals surface area contributed by atoms with Crippen molar-refractivity contribution in [1.82, 2.24) is 0 Å². The van der Waals surface area contributed by atoms with Crippen LogP contribution in [-0.4, -0.2) is 7.11 Å². The summed E-state index contributed by atoms with van der Waals surface area (Å²) in [6, 6.07) is 7.25. The second kappa shape index (κ2) is 3.76. The van der Waals surface area contributed by atoms with Gasteiger partial charge in [-0.3, -0.25) is 0 Å². The van der Waals surface area contributed by atoms with Gasteiger partial charge in [-0.05, 0) is 12.1 Å². The van der Waals surface area contributed by atoms with Crippen molar-refractivity contribution in [3.63, 3.8) is 0 Å². The summed E-state index contributed by atoms with van der Waals surface area (Å²) in [7, 11) is 1.56. The molecule has 11 heavy (non-hydrogen) atoms. The molecule has 1 rings (SSSR count). The van der Waals surface area contributed by atoms with Crippen LogP contribution in [0.1, 0.15) is 5.56 Å². The minimum absolute atomic E-state index is 0.498. The maximum atomic E-state index is 11.8. The van der Waals surface area contributed by atoms with Gasteiger partial charge in [-0.15, -0.1) is 0 Å². The van der Waals surface area contributed by atoms with E-state index in [1.165, 1.54) is 6.08 Å². The lowest BCUT2D eigenvalue weighted by molar-refractivity contribution is 0.414. The van der Waals surface area contributed by atoms with Gasteiger partial charge in [0.1, 0.15) is 5.75 Å². The highest BCUT2D eigenvalue weighted by Crippen LogP contribution is 2.18. The average molecular weight is 152 g/mol. The Kier molecular flexibility index (Phi) is 2.66. The van der Waals surface area contributed by atoms with Crippen molar-refractivity contribution in [1.29, 1.82) is 0 Å². The highest BCUT2D eigenvalue weighted by molar-refractivity contribution is 5.56. The molecule has 1 nitrogen and oxygen atoms in total. The summed E-state index contributed by atoms with van der Waals surface area (Å²) >= 11 is 0. The number of hydrogen-bond acceptors (Lipinski definition) is 1. The van der Waals surface area contributed by atoms with Gasteiger partial charge < -0.3 is 4.74 Å². The van der Waals surface area contributed by atoms with E-state index in [9.17, 15) is 4.39 Å². The molecule has 0 heterocycles. The van der Waals surface area contributed by atoms with E-state index in [-0.39, 0.29) is 0 Å². The molecule has 0 unspecified atom stereocenters. The van der Waals surface area contributed by atoms with E-state index in [0.717, 1.165) is 5.56 Å². The van der Waals surface area contributed by atoms with Gasteiger partial charge in [0.25, 0.3) is 0 Å². The summed E-state index contributed by atoms with van der Waals surface area (Å²) in [5, 5.41) is 0. The first-order valence-corrected chi connectivity index (χ1v) is 3.28. The van der Waals surface area contributed by atoms with E-state index in [2.05, 4.69) is 0 Å². The topological polar surface area (TPSA) is 9.23 Å². The molecule has 0 aliphatic heterocycles. The van der Waals surface area contributed by atoms with Crippen molar-refractivity contribution in [3.05, 3.63) is 36.2 Å². The molecule has 0 saturated heterocycles. The molecule has 0 N–H and O–H groups in total. The van der Waals surface area contributed by atoms with Gasteiger partial charge in [0, 0.05) is 5.56 Å². The molecule has 0 aliphatic rings. The second-order valence-electron chi connectivity index (χ2n) is 2.03. The summed E-state index contributed by atoms with van der Waals surface area (Å²) < 4.78 is 16.7. The molecule has 0 aliphatic carbocycles. The van der Waals surface area contributed by atoms with E-state index >= 15 is 0 Å². The summed E-state index contributed by atoms with van der Waals surface area (Å²) in [6.07, 6.45) is 1.86. The van der Waals surface area contributed by atoms with Gasteiger partial charge in [-0.25, -0.2) is 4.39 Å². The van der Waals surface area contributed by atoms with Crippen LogP contribution >= 0.6 is 0 Å². The average Bonchev–Trinajstić information content (AvgIpc) is 2.06. The van der Waals surface area contributed by atoms with Crippen LogP contribution in [0, 0.1) is 0 Å². The molecule has 1 aromatic rings. The van der Waals surface area contributed by atoms with E-state index in [4.69, 9.17) is 4.74 Å². The number of para-hydroxylation sites is 1. The molecular formula is C9H9FO. The first kappa shape index (κ1) is 7.79. The predicted octanol–water partition coefficient (Wildman–Crippen LogP) is 2.64. The summed E-state index contributed by atoms with van der Waals surface area (Å²) in [5.41, 5.74) is 0.748. The van der Waals surface area contributed by atoms with E-state index in [0.29, 0.717) is 12.1 Å². The smallest absolute Gasteiger partial charge is 0.126 e. The minimum atomic E-state index is 0.498. The Hall–Kier alpha value is -1.31. The summed E-state index contributed by atoms with van der Waals surface area (Å²) in [6.45, 7) is 0. The fraction of sp³-hybridized carbons (Fsp3) is 0.111. The highest BCUT2D eigenvalue weighted by atomic mass is 19.1. The Bertz CT molecular complexity index is 255. The largest absolute Gasteiger partial charge is 0.496 e. The van der Waals surface area contributed by atoms with Gasteiger partial charge in [0.2, 0.25) is 0 Å². The molecule has 0 amide bonds. The number of halogens is 1. The van der Waals surface area contributed by atoms with Crippen LogP contribution in [0.25, 0.3) is 6.08 Å². The molecule has 0 radical (unpaired) electrons. The fourth-order valence-corrected chi connectivity index (χ4v) is 0.872. The molecule has 0 aromatic heterocycles. The molecule has 0 spiro atoms. The van der Waals surface area contributed by atoms with Gasteiger partial charge in [-0.2, -0.15) is 0 Å².